The van der Waals surface area contributed by atoms with Crippen LogP contribution in [0.25, 0.3) is 11.0 Å². The Morgan fingerprint density at radius 2 is 1.96 bits per heavy atom. The molecular weight excluding hydrogens is 318 g/mol. The molecule has 2 aromatic rings. The standard InChI is InChI=1S/C16H19N3O3.ClH/c1-18(11-15(20)19-8-6-17-7-9-19)16(21)14-10-12-4-2-3-5-13(12)22-14;/h2-5,10,17H,6-9,11H2,1H3;1H. The van der Waals surface area contributed by atoms with Gasteiger partial charge in [-0.25, -0.2) is 0 Å². The summed E-state index contributed by atoms with van der Waals surface area (Å²) in [7, 11) is 1.62. The Balaban J connectivity index is 0.00000192. The first kappa shape index (κ1) is 17.3. The van der Waals surface area contributed by atoms with E-state index >= 15 is 0 Å². The molecule has 1 aromatic heterocycles. The van der Waals surface area contributed by atoms with Gasteiger partial charge in [0.2, 0.25) is 5.91 Å². The van der Waals surface area contributed by atoms with Crippen molar-refractivity contribution in [2.45, 2.75) is 0 Å². The van der Waals surface area contributed by atoms with Crippen molar-refractivity contribution in [3.63, 3.8) is 0 Å². The molecular formula is C16H20ClN3O3. The predicted molar refractivity (Wildman–Crippen MR) is 89.9 cm³/mol. The van der Waals surface area contributed by atoms with Gasteiger partial charge in [-0.15, -0.1) is 12.4 Å². The van der Waals surface area contributed by atoms with Gasteiger partial charge in [-0.1, -0.05) is 18.2 Å². The summed E-state index contributed by atoms with van der Waals surface area (Å²) >= 11 is 0. The first-order valence-corrected chi connectivity index (χ1v) is 7.37. The van der Waals surface area contributed by atoms with Gasteiger partial charge in [0, 0.05) is 38.6 Å². The van der Waals surface area contributed by atoms with Crippen molar-refractivity contribution in [1.29, 1.82) is 0 Å². The van der Waals surface area contributed by atoms with Gasteiger partial charge in [0.15, 0.2) is 5.76 Å². The zero-order valence-corrected chi connectivity index (χ0v) is 13.8. The molecule has 1 saturated heterocycles. The fraction of sp³-hybridized carbons (Fsp3) is 0.375. The molecule has 7 heteroatoms. The number of carbonyl (C=O) groups is 2. The van der Waals surface area contributed by atoms with Crippen molar-refractivity contribution < 1.29 is 14.0 Å². The number of amides is 2. The van der Waals surface area contributed by atoms with Crippen LogP contribution in [0.4, 0.5) is 0 Å². The van der Waals surface area contributed by atoms with Crippen LogP contribution in [-0.4, -0.2) is 61.4 Å². The molecule has 1 fully saturated rings. The third-order valence-corrected chi connectivity index (χ3v) is 3.83. The van der Waals surface area contributed by atoms with Crippen LogP contribution in [0.2, 0.25) is 0 Å². The van der Waals surface area contributed by atoms with Crippen molar-refractivity contribution in [2.75, 3.05) is 39.8 Å². The molecule has 0 atom stereocenters. The summed E-state index contributed by atoms with van der Waals surface area (Å²) in [6, 6.07) is 9.17. The van der Waals surface area contributed by atoms with Crippen LogP contribution in [0.5, 0.6) is 0 Å². The number of furan rings is 1. The highest BCUT2D eigenvalue weighted by Gasteiger charge is 2.22. The minimum Gasteiger partial charge on any atom is -0.451 e. The first-order valence-electron chi connectivity index (χ1n) is 7.37. The Hall–Kier alpha value is -2.05. The van der Waals surface area contributed by atoms with E-state index in [0.29, 0.717) is 18.7 Å². The van der Waals surface area contributed by atoms with Crippen LogP contribution in [0.1, 0.15) is 10.6 Å². The SMILES string of the molecule is CN(CC(=O)N1CCNCC1)C(=O)c1cc2ccccc2o1.Cl. The molecule has 1 N–H and O–H groups in total. The van der Waals surface area contributed by atoms with Crippen molar-refractivity contribution in [2.24, 2.45) is 0 Å². The lowest BCUT2D eigenvalue weighted by Crippen LogP contribution is -2.49. The van der Waals surface area contributed by atoms with Crippen LogP contribution in [0.15, 0.2) is 34.7 Å². The summed E-state index contributed by atoms with van der Waals surface area (Å²) in [5, 5.41) is 4.08. The molecule has 23 heavy (non-hydrogen) atoms. The maximum atomic E-state index is 12.4. The molecule has 0 spiro atoms. The third kappa shape index (κ3) is 3.83. The van der Waals surface area contributed by atoms with Gasteiger partial charge in [0.25, 0.3) is 5.91 Å². The van der Waals surface area contributed by atoms with Crippen LogP contribution in [0.3, 0.4) is 0 Å². The van der Waals surface area contributed by atoms with Gasteiger partial charge in [-0.05, 0) is 12.1 Å². The second kappa shape index (κ2) is 7.48. The van der Waals surface area contributed by atoms with Gasteiger partial charge in [0.1, 0.15) is 5.58 Å². The molecule has 1 aliphatic heterocycles. The molecule has 6 nitrogen and oxygen atoms in total. The van der Waals surface area contributed by atoms with Gasteiger partial charge in [0.05, 0.1) is 6.54 Å². The number of nitrogens with one attached hydrogen (secondary N) is 1. The number of piperazine rings is 1. The molecule has 0 bridgehead atoms. The van der Waals surface area contributed by atoms with E-state index in [-0.39, 0.29) is 36.5 Å². The average Bonchev–Trinajstić information content (AvgIpc) is 2.98. The maximum Gasteiger partial charge on any atom is 0.289 e. The summed E-state index contributed by atoms with van der Waals surface area (Å²) in [5.41, 5.74) is 0.674. The van der Waals surface area contributed by atoms with Crippen LogP contribution in [-0.2, 0) is 4.79 Å². The zero-order chi connectivity index (χ0) is 15.5. The Morgan fingerprint density at radius 1 is 1.26 bits per heavy atom. The number of fused-ring (bicyclic) bond motifs is 1. The zero-order valence-electron chi connectivity index (χ0n) is 12.9. The Bertz CT molecular complexity index is 662. The summed E-state index contributed by atoms with van der Waals surface area (Å²) in [4.78, 5) is 27.8. The molecule has 3 rings (SSSR count). The highest BCUT2D eigenvalue weighted by Crippen LogP contribution is 2.19. The van der Waals surface area contributed by atoms with E-state index in [0.717, 1.165) is 18.5 Å². The van der Waals surface area contributed by atoms with Crippen LogP contribution >= 0.6 is 12.4 Å². The molecule has 124 valence electrons. The minimum absolute atomic E-state index is 0. The number of hydrogen-bond acceptors (Lipinski definition) is 4. The quantitative estimate of drug-likeness (QED) is 0.918. The normalized spacial score (nSPS) is 14.4. The predicted octanol–water partition coefficient (Wildman–Crippen LogP) is 1.36. The topological polar surface area (TPSA) is 65.8 Å². The fourth-order valence-corrected chi connectivity index (χ4v) is 2.56. The minimum atomic E-state index is -0.278. The van der Waals surface area contributed by atoms with Crippen molar-refractivity contribution in [3.05, 3.63) is 36.1 Å². The number of nitrogens with zero attached hydrogens (tertiary/aromatic N) is 2. The lowest BCUT2D eigenvalue weighted by Gasteiger charge is -2.29. The van der Waals surface area contributed by atoms with Crippen molar-refractivity contribution in [3.8, 4) is 0 Å². The Labute approximate surface area is 140 Å². The number of para-hydroxylation sites is 1. The van der Waals surface area contributed by atoms with E-state index in [1.54, 1.807) is 18.0 Å². The van der Waals surface area contributed by atoms with E-state index < -0.39 is 0 Å². The number of benzene rings is 1. The third-order valence-electron chi connectivity index (χ3n) is 3.83. The Kier molecular flexibility index (Phi) is 5.63. The van der Waals surface area contributed by atoms with E-state index in [2.05, 4.69) is 5.32 Å². The van der Waals surface area contributed by atoms with Gasteiger partial charge in [-0.2, -0.15) is 0 Å². The van der Waals surface area contributed by atoms with Crippen LogP contribution in [0, 0.1) is 0 Å². The second-order valence-electron chi connectivity index (χ2n) is 5.44. The summed E-state index contributed by atoms with van der Waals surface area (Å²) in [6.07, 6.45) is 0. The van der Waals surface area contributed by atoms with E-state index in [1.807, 2.05) is 24.3 Å². The number of halogens is 1. The molecule has 2 heterocycles. The molecule has 0 saturated carbocycles. The smallest absolute Gasteiger partial charge is 0.289 e. The summed E-state index contributed by atoms with van der Waals surface area (Å²) in [5.74, 6) is -0.0510. The van der Waals surface area contributed by atoms with Crippen molar-refractivity contribution >= 4 is 35.2 Å². The molecule has 0 radical (unpaired) electrons. The fourth-order valence-electron chi connectivity index (χ4n) is 2.56. The first-order chi connectivity index (χ1) is 10.6. The highest BCUT2D eigenvalue weighted by atomic mass is 35.5. The number of carbonyl (C=O) groups excluding carboxylic acids is 2. The lowest BCUT2D eigenvalue weighted by atomic mass is 10.2. The number of hydrogen-bond donors (Lipinski definition) is 1. The van der Waals surface area contributed by atoms with E-state index in [9.17, 15) is 9.59 Å². The van der Waals surface area contributed by atoms with Gasteiger partial charge < -0.3 is 19.5 Å². The number of rotatable bonds is 3. The maximum absolute atomic E-state index is 12.4. The highest BCUT2D eigenvalue weighted by molar-refractivity contribution is 5.97. The molecule has 2 amide bonds. The molecule has 0 aliphatic carbocycles. The van der Waals surface area contributed by atoms with Gasteiger partial charge in [-0.3, -0.25) is 9.59 Å². The van der Waals surface area contributed by atoms with E-state index in [1.165, 1.54) is 4.90 Å². The average molecular weight is 338 g/mol. The van der Waals surface area contributed by atoms with Gasteiger partial charge >= 0.3 is 0 Å². The van der Waals surface area contributed by atoms with Crippen molar-refractivity contribution in [1.82, 2.24) is 15.1 Å². The Morgan fingerprint density at radius 3 is 2.65 bits per heavy atom. The molecule has 1 aromatic carbocycles. The molecule has 1 aliphatic rings. The summed E-state index contributed by atoms with van der Waals surface area (Å²) < 4.78 is 5.55. The van der Waals surface area contributed by atoms with E-state index in [4.69, 9.17) is 4.42 Å². The summed E-state index contributed by atoms with van der Waals surface area (Å²) in [6.45, 7) is 3.03. The largest absolute Gasteiger partial charge is 0.451 e. The lowest BCUT2D eigenvalue weighted by molar-refractivity contribution is -0.132. The van der Waals surface area contributed by atoms with Crippen LogP contribution < -0.4 is 5.32 Å². The monoisotopic (exact) mass is 337 g/mol. The second-order valence-corrected chi connectivity index (χ2v) is 5.44. The number of likely N-dealkylation sites (N-methyl/N-ethyl adjacent to an activating group) is 1. The molecule has 0 unspecified atom stereocenters.